The Bertz CT molecular complexity index is 967. The van der Waals surface area contributed by atoms with Gasteiger partial charge in [0.15, 0.2) is 0 Å². The molecule has 0 saturated heterocycles. The van der Waals surface area contributed by atoms with Crippen molar-refractivity contribution in [2.24, 2.45) is 0 Å². The van der Waals surface area contributed by atoms with Gasteiger partial charge in [-0.1, -0.05) is 192 Å². The SMILES string of the molecule is CCCCC/C=C\C/C=C\CCCCCCCCCC(=O)OC(COCCCCCCCCCCCCCCCCCCCC)COP(=O)(O)OCC[N+](C)(C)C. The largest absolute Gasteiger partial charge is 0.472 e. The lowest BCUT2D eigenvalue weighted by molar-refractivity contribution is -0.870. The molecule has 0 amide bonds. The Kier molecular flexibility index (Phi) is 41.0. The highest BCUT2D eigenvalue weighted by molar-refractivity contribution is 7.47. The third-order valence-electron chi connectivity index (χ3n) is 10.5. The van der Waals surface area contributed by atoms with E-state index < -0.39 is 13.9 Å². The van der Waals surface area contributed by atoms with Crippen molar-refractivity contribution in [2.45, 2.75) is 225 Å². The molecule has 2 atom stereocenters. The van der Waals surface area contributed by atoms with Gasteiger partial charge in [0.25, 0.3) is 0 Å². The predicted molar refractivity (Wildman–Crippen MR) is 243 cm³/mol. The number of unbranched alkanes of at least 4 members (excludes halogenated alkanes) is 27. The Balaban J connectivity index is 4.17. The van der Waals surface area contributed by atoms with Crippen LogP contribution in [0.5, 0.6) is 0 Å². The summed E-state index contributed by atoms with van der Waals surface area (Å²) in [6.45, 7) is 5.63. The van der Waals surface area contributed by atoms with E-state index in [9.17, 15) is 14.3 Å². The van der Waals surface area contributed by atoms with Crippen molar-refractivity contribution >= 4 is 13.8 Å². The number of esters is 1. The molecule has 8 nitrogen and oxygen atoms in total. The van der Waals surface area contributed by atoms with Gasteiger partial charge < -0.3 is 18.9 Å². The number of carbonyl (C=O) groups excluding carboxylic acids is 1. The van der Waals surface area contributed by atoms with Gasteiger partial charge in [-0.2, -0.15) is 0 Å². The molecule has 0 rings (SSSR count). The van der Waals surface area contributed by atoms with Crippen LogP contribution in [0.4, 0.5) is 0 Å². The summed E-state index contributed by atoms with van der Waals surface area (Å²) in [6, 6.07) is 0. The molecule has 0 radical (unpaired) electrons. The third kappa shape index (κ3) is 45.9. The fourth-order valence-corrected chi connectivity index (χ4v) is 7.50. The molecule has 0 heterocycles. The topological polar surface area (TPSA) is 91.3 Å². The van der Waals surface area contributed by atoms with Crippen molar-refractivity contribution in [3.05, 3.63) is 24.3 Å². The van der Waals surface area contributed by atoms with Gasteiger partial charge in [0.2, 0.25) is 0 Å². The van der Waals surface area contributed by atoms with Crippen LogP contribution in [0.15, 0.2) is 24.3 Å². The second-order valence-electron chi connectivity index (χ2n) is 17.5. The molecule has 57 heavy (non-hydrogen) atoms. The van der Waals surface area contributed by atoms with Crippen LogP contribution in [-0.2, 0) is 27.9 Å². The molecule has 2 unspecified atom stereocenters. The molecule has 9 heteroatoms. The predicted octanol–water partition coefficient (Wildman–Crippen LogP) is 14.4. The lowest BCUT2D eigenvalue weighted by Gasteiger charge is -2.24. The monoisotopic (exact) mass is 829 g/mol. The summed E-state index contributed by atoms with van der Waals surface area (Å²) in [7, 11) is 1.67. The van der Waals surface area contributed by atoms with Crippen LogP contribution in [-0.4, -0.2) is 75.6 Å². The normalized spacial score (nSPS) is 13.9. The minimum atomic E-state index is -4.28. The zero-order valence-electron chi connectivity index (χ0n) is 38.3. The number of nitrogens with zero attached hydrogens (tertiary/aromatic N) is 1. The van der Waals surface area contributed by atoms with Crippen molar-refractivity contribution in [3.8, 4) is 0 Å². The quantitative estimate of drug-likeness (QED) is 0.0215. The van der Waals surface area contributed by atoms with Gasteiger partial charge in [-0.05, 0) is 44.9 Å². The van der Waals surface area contributed by atoms with Crippen LogP contribution in [0.2, 0.25) is 0 Å². The average Bonchev–Trinajstić information content (AvgIpc) is 3.16. The number of phosphoric ester groups is 1. The maximum Gasteiger partial charge on any atom is 0.472 e. The van der Waals surface area contributed by atoms with Gasteiger partial charge in [-0.3, -0.25) is 13.8 Å². The Labute approximate surface area is 353 Å². The molecule has 0 aromatic carbocycles. The van der Waals surface area contributed by atoms with Crippen molar-refractivity contribution in [1.82, 2.24) is 0 Å². The number of phosphoric acid groups is 1. The van der Waals surface area contributed by atoms with E-state index in [0.717, 1.165) is 44.9 Å². The molecule has 1 N–H and O–H groups in total. The lowest BCUT2D eigenvalue weighted by Crippen LogP contribution is -2.37. The number of quaternary nitrogens is 1. The van der Waals surface area contributed by atoms with Crippen molar-refractivity contribution < 1.29 is 37.3 Å². The number of allylic oxidation sites excluding steroid dienone is 4. The summed E-state index contributed by atoms with van der Waals surface area (Å²) in [5.74, 6) is -0.318. The van der Waals surface area contributed by atoms with E-state index in [-0.39, 0.29) is 25.8 Å². The Morgan fingerprint density at radius 3 is 1.46 bits per heavy atom. The van der Waals surface area contributed by atoms with Gasteiger partial charge in [0.1, 0.15) is 19.3 Å². The number of ether oxygens (including phenoxy) is 2. The van der Waals surface area contributed by atoms with Gasteiger partial charge >= 0.3 is 13.8 Å². The number of hydrogen-bond acceptors (Lipinski definition) is 6. The molecule has 0 spiro atoms. The summed E-state index contributed by atoms with van der Waals surface area (Å²) in [4.78, 5) is 22.9. The lowest BCUT2D eigenvalue weighted by atomic mass is 10.0. The van der Waals surface area contributed by atoms with Crippen LogP contribution in [0.1, 0.15) is 219 Å². The zero-order chi connectivity index (χ0) is 42.0. The third-order valence-corrected chi connectivity index (χ3v) is 11.5. The highest BCUT2D eigenvalue weighted by Crippen LogP contribution is 2.43. The molecule has 0 aliphatic rings. The Morgan fingerprint density at radius 2 is 0.965 bits per heavy atom. The number of likely N-dealkylation sites (N-methyl/N-ethyl adjacent to an activating group) is 1. The van der Waals surface area contributed by atoms with Crippen LogP contribution >= 0.6 is 7.82 Å². The molecule has 338 valence electrons. The second kappa shape index (κ2) is 41.7. The van der Waals surface area contributed by atoms with E-state index in [1.165, 1.54) is 154 Å². The maximum atomic E-state index is 12.7. The standard InChI is InChI=1S/C48H94NO7P/c1-6-8-10-12-14-16-18-20-22-24-26-28-30-32-34-36-38-40-43-53-45-47(46-55-57(51,52)54-44-42-49(3,4)5)56-48(50)41-39-37-35-33-31-29-27-25-23-21-19-17-15-13-11-9-7-2/h15,17,21,23,47H,6-14,16,18-20,22,24-46H2,1-5H3/p+1/b17-15-,23-21-. The van der Waals surface area contributed by atoms with Crippen LogP contribution < -0.4 is 0 Å². The van der Waals surface area contributed by atoms with E-state index in [1.807, 2.05) is 21.1 Å². The van der Waals surface area contributed by atoms with E-state index >= 15 is 0 Å². The second-order valence-corrected chi connectivity index (χ2v) is 19.0. The Morgan fingerprint density at radius 1 is 0.544 bits per heavy atom. The fourth-order valence-electron chi connectivity index (χ4n) is 6.76. The molecular weight excluding hydrogens is 734 g/mol. The summed E-state index contributed by atoms with van der Waals surface area (Å²) in [5.41, 5.74) is 0. The molecule has 0 aliphatic heterocycles. The summed E-state index contributed by atoms with van der Waals surface area (Å²) >= 11 is 0. The minimum absolute atomic E-state index is 0.0890. The first-order valence-electron chi connectivity index (χ1n) is 24.1. The fraction of sp³-hybridized carbons (Fsp3) is 0.896. The molecular formula is C48H95NO7P+. The van der Waals surface area contributed by atoms with Crippen molar-refractivity contribution in [2.75, 3.05) is 54.1 Å². The number of hydrogen-bond donors (Lipinski definition) is 1. The van der Waals surface area contributed by atoms with Crippen LogP contribution in [0.25, 0.3) is 0 Å². The minimum Gasteiger partial charge on any atom is -0.457 e. The van der Waals surface area contributed by atoms with Crippen LogP contribution in [0, 0.1) is 0 Å². The number of carbonyl (C=O) groups is 1. The van der Waals surface area contributed by atoms with E-state index in [0.29, 0.717) is 24.1 Å². The van der Waals surface area contributed by atoms with E-state index in [2.05, 4.69) is 38.2 Å². The first-order valence-corrected chi connectivity index (χ1v) is 25.6. The number of rotatable bonds is 45. The molecule has 0 bridgehead atoms. The van der Waals surface area contributed by atoms with E-state index in [1.54, 1.807) is 0 Å². The summed E-state index contributed by atoms with van der Waals surface area (Å²) < 4.78 is 35.1. The molecule has 0 aliphatic carbocycles. The van der Waals surface area contributed by atoms with Gasteiger partial charge in [-0.25, -0.2) is 4.57 Å². The summed E-state index contributed by atoms with van der Waals surface area (Å²) in [5, 5.41) is 0. The van der Waals surface area contributed by atoms with Crippen LogP contribution in [0.3, 0.4) is 0 Å². The molecule has 0 fully saturated rings. The van der Waals surface area contributed by atoms with Gasteiger partial charge in [-0.15, -0.1) is 0 Å². The van der Waals surface area contributed by atoms with Gasteiger partial charge in [0.05, 0.1) is 34.4 Å². The first kappa shape index (κ1) is 56.0. The highest BCUT2D eigenvalue weighted by atomic mass is 31.2. The zero-order valence-corrected chi connectivity index (χ0v) is 39.2. The van der Waals surface area contributed by atoms with Crippen molar-refractivity contribution in [1.29, 1.82) is 0 Å². The molecule has 0 saturated carbocycles. The first-order chi connectivity index (χ1) is 27.6. The average molecular weight is 829 g/mol. The van der Waals surface area contributed by atoms with E-state index in [4.69, 9.17) is 18.5 Å². The smallest absolute Gasteiger partial charge is 0.457 e. The Hall–Kier alpha value is -1.02. The molecule has 0 aromatic rings. The highest BCUT2D eigenvalue weighted by Gasteiger charge is 2.26. The summed E-state index contributed by atoms with van der Waals surface area (Å²) in [6.07, 6.45) is 47.8. The molecule has 0 aromatic heterocycles. The van der Waals surface area contributed by atoms with Crippen molar-refractivity contribution in [3.63, 3.8) is 0 Å². The maximum absolute atomic E-state index is 12.7. The van der Waals surface area contributed by atoms with Gasteiger partial charge in [0, 0.05) is 13.0 Å².